The molecule has 158 valence electrons. The van der Waals surface area contributed by atoms with Crippen LogP contribution in [0.1, 0.15) is 24.8 Å². The number of rotatable bonds is 4. The number of sulfone groups is 1. The Kier molecular flexibility index (Phi) is 6.19. The number of anilines is 1. The van der Waals surface area contributed by atoms with E-state index in [4.69, 9.17) is 28.2 Å². The first-order valence-electron chi connectivity index (χ1n) is 9.87. The zero-order valence-electron chi connectivity index (χ0n) is 16.6. The van der Waals surface area contributed by atoms with E-state index in [1.165, 1.54) is 24.3 Å². The van der Waals surface area contributed by atoms with Gasteiger partial charge in [0, 0.05) is 29.1 Å². The van der Waals surface area contributed by atoms with Crippen molar-refractivity contribution in [3.63, 3.8) is 0 Å². The number of piperidine rings is 1. The highest BCUT2D eigenvalue weighted by molar-refractivity contribution is 7.95. The maximum atomic E-state index is 13.2. The lowest BCUT2D eigenvalue weighted by Crippen LogP contribution is -2.30. The van der Waals surface area contributed by atoms with Crippen LogP contribution in [0.2, 0.25) is 10.0 Å². The number of para-hydroxylation sites is 1. The maximum absolute atomic E-state index is 13.2. The minimum Gasteiger partial charge on any atom is -0.356 e. The molecule has 8 heteroatoms. The molecule has 2 heterocycles. The number of fused-ring (bicyclic) bond motifs is 1. The van der Waals surface area contributed by atoms with Gasteiger partial charge in [0.2, 0.25) is 9.84 Å². The lowest BCUT2D eigenvalue weighted by molar-refractivity contribution is 0.574. The fraction of sp³-hybridized carbons (Fsp3) is 0.217. The summed E-state index contributed by atoms with van der Waals surface area (Å²) in [5.74, 6) is 0.679. The van der Waals surface area contributed by atoms with Crippen LogP contribution >= 0.6 is 23.2 Å². The predicted molar refractivity (Wildman–Crippen MR) is 125 cm³/mol. The molecule has 31 heavy (non-hydrogen) atoms. The van der Waals surface area contributed by atoms with Gasteiger partial charge in [-0.05, 0) is 55.7 Å². The Labute approximate surface area is 191 Å². The highest BCUT2D eigenvalue weighted by Crippen LogP contribution is 2.33. The van der Waals surface area contributed by atoms with Gasteiger partial charge in [-0.2, -0.15) is 5.26 Å². The molecule has 1 saturated heterocycles. The molecule has 0 aliphatic carbocycles. The van der Waals surface area contributed by atoms with Crippen LogP contribution in [-0.4, -0.2) is 26.5 Å². The maximum Gasteiger partial charge on any atom is 0.218 e. The largest absolute Gasteiger partial charge is 0.356 e. The topological polar surface area (TPSA) is 74.1 Å². The van der Waals surface area contributed by atoms with E-state index in [9.17, 15) is 13.7 Å². The number of benzene rings is 2. The van der Waals surface area contributed by atoms with Gasteiger partial charge in [0.1, 0.15) is 16.8 Å². The molecular weight excluding hydrogens is 453 g/mol. The molecule has 1 aliphatic heterocycles. The summed E-state index contributed by atoms with van der Waals surface area (Å²) in [6, 6.07) is 15.5. The average molecular weight is 472 g/mol. The Morgan fingerprint density at radius 1 is 1.06 bits per heavy atom. The monoisotopic (exact) mass is 471 g/mol. The zero-order valence-corrected chi connectivity index (χ0v) is 18.9. The standard InChI is InChI=1S/C23H19Cl2N3O2S/c24-18-8-9-20(25)22(14-18)31(29,30)19(15-26)13-17-12-16-6-2-3-7-21(16)27-23(17)28-10-4-1-5-11-28/h2-3,6-9,12-14H,1,4-5,10-11H2/b19-13-. The van der Waals surface area contributed by atoms with Crippen LogP contribution in [0.3, 0.4) is 0 Å². The van der Waals surface area contributed by atoms with E-state index in [2.05, 4.69) is 4.90 Å². The highest BCUT2D eigenvalue weighted by atomic mass is 35.5. The van der Waals surface area contributed by atoms with Gasteiger partial charge in [0.25, 0.3) is 0 Å². The molecule has 1 aromatic heterocycles. The molecule has 0 N–H and O–H groups in total. The number of nitrogens with zero attached hydrogens (tertiary/aromatic N) is 3. The molecule has 2 aromatic carbocycles. The van der Waals surface area contributed by atoms with Crippen LogP contribution in [0.25, 0.3) is 17.0 Å². The second-order valence-corrected chi connectivity index (χ2v) is 10.1. The summed E-state index contributed by atoms with van der Waals surface area (Å²) in [7, 11) is -4.17. The third-order valence-electron chi connectivity index (χ3n) is 5.26. The number of halogens is 2. The Hall–Kier alpha value is -2.59. The Bertz CT molecular complexity index is 1320. The van der Waals surface area contributed by atoms with E-state index in [1.54, 1.807) is 0 Å². The summed E-state index contributed by atoms with van der Waals surface area (Å²) in [6.07, 6.45) is 4.62. The van der Waals surface area contributed by atoms with Gasteiger partial charge in [-0.3, -0.25) is 0 Å². The second kappa shape index (κ2) is 8.88. The lowest BCUT2D eigenvalue weighted by atomic mass is 10.1. The molecule has 4 rings (SSSR count). The number of hydrogen-bond donors (Lipinski definition) is 0. The van der Waals surface area contributed by atoms with Crippen LogP contribution in [-0.2, 0) is 9.84 Å². The van der Waals surface area contributed by atoms with Crippen molar-refractivity contribution in [2.24, 2.45) is 0 Å². The van der Waals surface area contributed by atoms with E-state index < -0.39 is 14.7 Å². The quantitative estimate of drug-likeness (QED) is 0.444. The third kappa shape index (κ3) is 4.40. The summed E-state index contributed by atoms with van der Waals surface area (Å²) in [4.78, 5) is 6.35. The first kappa shape index (κ1) is 21.6. The molecule has 0 amide bonds. The molecule has 0 radical (unpaired) electrons. The molecule has 5 nitrogen and oxygen atoms in total. The van der Waals surface area contributed by atoms with Crippen molar-refractivity contribution in [1.82, 2.24) is 4.98 Å². The van der Waals surface area contributed by atoms with E-state index >= 15 is 0 Å². The average Bonchev–Trinajstić information content (AvgIpc) is 2.78. The Balaban J connectivity index is 1.90. The number of hydrogen-bond acceptors (Lipinski definition) is 5. The molecule has 0 spiro atoms. The minimum atomic E-state index is -4.17. The van der Waals surface area contributed by atoms with Crippen molar-refractivity contribution in [2.45, 2.75) is 24.2 Å². The zero-order chi connectivity index (χ0) is 22.0. The Morgan fingerprint density at radius 3 is 2.55 bits per heavy atom. The Morgan fingerprint density at radius 2 is 1.81 bits per heavy atom. The summed E-state index contributed by atoms with van der Waals surface area (Å²) in [5.41, 5.74) is 1.40. The van der Waals surface area contributed by atoms with Crippen LogP contribution < -0.4 is 4.90 Å². The van der Waals surface area contributed by atoms with E-state index in [-0.39, 0.29) is 14.9 Å². The second-order valence-electron chi connectivity index (χ2n) is 7.34. The molecule has 0 saturated carbocycles. The fourth-order valence-electron chi connectivity index (χ4n) is 3.70. The van der Waals surface area contributed by atoms with Gasteiger partial charge in [-0.25, -0.2) is 13.4 Å². The fourth-order valence-corrected chi connectivity index (χ4v) is 5.61. The first-order valence-corrected chi connectivity index (χ1v) is 12.1. The number of allylic oxidation sites excluding steroid dienone is 1. The first-order chi connectivity index (χ1) is 14.9. The molecule has 0 atom stereocenters. The van der Waals surface area contributed by atoms with Crippen molar-refractivity contribution >= 4 is 55.8 Å². The SMILES string of the molecule is N#C/C(=C/c1cc2ccccc2nc1N1CCCCC1)S(=O)(=O)c1cc(Cl)ccc1Cl. The van der Waals surface area contributed by atoms with Crippen molar-refractivity contribution in [2.75, 3.05) is 18.0 Å². The summed E-state index contributed by atoms with van der Waals surface area (Å²) in [5, 5.41) is 10.9. The van der Waals surface area contributed by atoms with Crippen LogP contribution in [0.15, 0.2) is 58.3 Å². The molecular formula is C23H19Cl2N3O2S. The predicted octanol–water partition coefficient (Wildman–Crippen LogP) is 5.87. The van der Waals surface area contributed by atoms with Gasteiger partial charge < -0.3 is 4.90 Å². The molecule has 1 fully saturated rings. The lowest BCUT2D eigenvalue weighted by Gasteiger charge is -2.29. The van der Waals surface area contributed by atoms with Crippen molar-refractivity contribution < 1.29 is 8.42 Å². The van der Waals surface area contributed by atoms with Crippen LogP contribution in [0.4, 0.5) is 5.82 Å². The molecule has 1 aliphatic rings. The van der Waals surface area contributed by atoms with Crippen LogP contribution in [0, 0.1) is 11.3 Å². The van der Waals surface area contributed by atoms with Gasteiger partial charge >= 0.3 is 0 Å². The van der Waals surface area contributed by atoms with E-state index in [0.29, 0.717) is 11.4 Å². The molecule has 0 bridgehead atoms. The smallest absolute Gasteiger partial charge is 0.218 e. The molecule has 3 aromatic rings. The number of nitriles is 1. The van der Waals surface area contributed by atoms with Crippen molar-refractivity contribution in [3.8, 4) is 6.07 Å². The van der Waals surface area contributed by atoms with Gasteiger partial charge in [0.05, 0.1) is 15.4 Å². The summed E-state index contributed by atoms with van der Waals surface area (Å²) in [6.45, 7) is 1.67. The summed E-state index contributed by atoms with van der Waals surface area (Å²) < 4.78 is 26.4. The molecule has 0 unspecified atom stereocenters. The van der Waals surface area contributed by atoms with E-state index in [0.717, 1.165) is 43.3 Å². The summed E-state index contributed by atoms with van der Waals surface area (Å²) >= 11 is 12.1. The van der Waals surface area contributed by atoms with Crippen molar-refractivity contribution in [3.05, 3.63) is 69.0 Å². The number of aromatic nitrogens is 1. The van der Waals surface area contributed by atoms with Gasteiger partial charge in [-0.1, -0.05) is 41.4 Å². The van der Waals surface area contributed by atoms with Crippen molar-refractivity contribution in [1.29, 1.82) is 5.26 Å². The third-order valence-corrected chi connectivity index (χ3v) is 7.64. The van der Waals surface area contributed by atoms with E-state index in [1.807, 2.05) is 36.4 Å². The number of pyridine rings is 1. The normalized spacial score (nSPS) is 15.1. The minimum absolute atomic E-state index is 0.0124. The highest BCUT2D eigenvalue weighted by Gasteiger charge is 2.25. The van der Waals surface area contributed by atoms with Gasteiger partial charge in [0.15, 0.2) is 0 Å². The van der Waals surface area contributed by atoms with Gasteiger partial charge in [-0.15, -0.1) is 0 Å². The van der Waals surface area contributed by atoms with Crippen LogP contribution in [0.5, 0.6) is 0 Å².